The molecule has 3 unspecified atom stereocenters. The van der Waals surface area contributed by atoms with Crippen LogP contribution in [0.25, 0.3) is 0 Å². The summed E-state index contributed by atoms with van der Waals surface area (Å²) in [5, 5.41) is 2.51. The highest BCUT2D eigenvalue weighted by molar-refractivity contribution is 5.99. The van der Waals surface area contributed by atoms with Gasteiger partial charge in [-0.3, -0.25) is 14.9 Å². The van der Waals surface area contributed by atoms with Crippen LogP contribution in [0.4, 0.5) is 0 Å². The smallest absolute Gasteiger partial charge is 0.233 e. The molecule has 2 aliphatic heterocycles. The first-order valence-corrected chi connectivity index (χ1v) is 12.9. The molecule has 182 valence electrons. The maximum absolute atomic E-state index is 12.4. The first-order chi connectivity index (χ1) is 15.4. The molecule has 2 aliphatic rings. The molecule has 0 radical (unpaired) electrons. The van der Waals surface area contributed by atoms with Crippen molar-refractivity contribution in [1.29, 1.82) is 0 Å². The van der Waals surface area contributed by atoms with E-state index >= 15 is 0 Å². The maximum Gasteiger partial charge on any atom is 0.233 e. The predicted molar refractivity (Wildman–Crippen MR) is 134 cm³/mol. The number of carbonyl (C=O) groups excluding carboxylic acids is 2. The fourth-order valence-electron chi connectivity index (χ4n) is 5.16. The fourth-order valence-corrected chi connectivity index (χ4v) is 5.16. The van der Waals surface area contributed by atoms with Gasteiger partial charge in [0.1, 0.15) is 0 Å². The molecule has 32 heavy (non-hydrogen) atoms. The van der Waals surface area contributed by atoms with Crippen LogP contribution in [0, 0.1) is 11.8 Å². The van der Waals surface area contributed by atoms with E-state index in [4.69, 9.17) is 4.74 Å². The number of hydrogen-bond donors (Lipinski definition) is 1. The van der Waals surface area contributed by atoms with Crippen LogP contribution in [-0.2, 0) is 14.3 Å². The van der Waals surface area contributed by atoms with E-state index < -0.39 is 0 Å². The molecule has 2 amide bonds. The number of amides is 2. The summed E-state index contributed by atoms with van der Waals surface area (Å²) in [6.45, 7) is 17.7. The third kappa shape index (κ3) is 8.03. The molecule has 2 fully saturated rings. The van der Waals surface area contributed by atoms with Crippen molar-refractivity contribution in [2.24, 2.45) is 11.8 Å². The molecule has 0 saturated carbocycles. The minimum Gasteiger partial charge on any atom is -0.375 e. The standard InChI is InChI=1S/C26H41NO3.C2H6/c1-6-10-21(23-11-12-24(28)27-25(23)29)18-20(5)22(8-3)19(4)13-16-26(14-7-2)15-9-17-30-26;1-2/h8,18-19,23H,3,6-7,9-17H2,1-2,4-5H3,(H,27,28,29);1-2H3/b21-18+,22-20+;. The Hall–Kier alpha value is -1.68. The second kappa shape index (κ2) is 14.5. The average molecular weight is 446 g/mol. The zero-order chi connectivity index (χ0) is 24.1. The van der Waals surface area contributed by atoms with Gasteiger partial charge in [-0.1, -0.05) is 71.8 Å². The zero-order valence-electron chi connectivity index (χ0n) is 21.5. The summed E-state index contributed by atoms with van der Waals surface area (Å²) in [7, 11) is 0. The summed E-state index contributed by atoms with van der Waals surface area (Å²) in [4.78, 5) is 23.9. The van der Waals surface area contributed by atoms with E-state index in [-0.39, 0.29) is 23.3 Å². The van der Waals surface area contributed by atoms with Crippen molar-refractivity contribution in [2.45, 2.75) is 111 Å². The van der Waals surface area contributed by atoms with Crippen LogP contribution in [0.15, 0.2) is 35.5 Å². The fraction of sp³-hybridized carbons (Fsp3) is 0.714. The summed E-state index contributed by atoms with van der Waals surface area (Å²) in [6.07, 6.45) is 13.9. The quantitative estimate of drug-likeness (QED) is 0.273. The molecule has 2 rings (SSSR count). The van der Waals surface area contributed by atoms with Crippen LogP contribution in [0.1, 0.15) is 106 Å². The van der Waals surface area contributed by atoms with Crippen molar-refractivity contribution in [3.63, 3.8) is 0 Å². The minimum absolute atomic E-state index is 0.0686. The van der Waals surface area contributed by atoms with Crippen molar-refractivity contribution in [2.75, 3.05) is 6.61 Å². The Morgan fingerprint density at radius 2 is 1.97 bits per heavy atom. The number of carbonyl (C=O) groups is 2. The highest BCUT2D eigenvalue weighted by atomic mass is 16.5. The number of hydrogen-bond acceptors (Lipinski definition) is 3. The Kier molecular flexibility index (Phi) is 12.8. The molecule has 0 aliphatic carbocycles. The minimum atomic E-state index is -0.196. The summed E-state index contributed by atoms with van der Waals surface area (Å²) in [5.41, 5.74) is 3.63. The van der Waals surface area contributed by atoms with Gasteiger partial charge in [0.15, 0.2) is 0 Å². The van der Waals surface area contributed by atoms with Gasteiger partial charge in [0.25, 0.3) is 0 Å². The maximum atomic E-state index is 12.4. The molecule has 4 heteroatoms. The number of piperidine rings is 1. The Balaban J connectivity index is 0.00000249. The van der Waals surface area contributed by atoms with Gasteiger partial charge in [-0.2, -0.15) is 0 Å². The molecule has 3 atom stereocenters. The molecular weight excluding hydrogens is 398 g/mol. The zero-order valence-corrected chi connectivity index (χ0v) is 21.5. The van der Waals surface area contributed by atoms with E-state index in [2.05, 4.69) is 45.7 Å². The lowest BCUT2D eigenvalue weighted by Gasteiger charge is -2.30. The molecule has 0 bridgehead atoms. The van der Waals surface area contributed by atoms with Gasteiger partial charge in [-0.05, 0) is 68.9 Å². The Bertz CT molecular complexity index is 683. The van der Waals surface area contributed by atoms with E-state index in [1.807, 2.05) is 19.9 Å². The van der Waals surface area contributed by atoms with E-state index in [0.717, 1.165) is 50.7 Å². The molecule has 2 heterocycles. The Labute approximate surface area is 197 Å². The highest BCUT2D eigenvalue weighted by Crippen LogP contribution is 2.37. The van der Waals surface area contributed by atoms with Gasteiger partial charge < -0.3 is 4.74 Å². The monoisotopic (exact) mass is 445 g/mol. The van der Waals surface area contributed by atoms with Gasteiger partial charge in [0, 0.05) is 13.0 Å². The SMILES string of the molecule is C=C/C(=C(C)\C=C(/CCC)C1CCC(=O)NC1=O)C(C)CCC1(CCC)CCCO1.CC. The first kappa shape index (κ1) is 28.4. The average Bonchev–Trinajstić information content (AvgIpc) is 3.23. The van der Waals surface area contributed by atoms with Crippen LogP contribution in [0.3, 0.4) is 0 Å². The van der Waals surface area contributed by atoms with E-state index in [1.165, 1.54) is 24.0 Å². The van der Waals surface area contributed by atoms with Crippen molar-refractivity contribution in [3.8, 4) is 0 Å². The third-order valence-corrected chi connectivity index (χ3v) is 6.76. The summed E-state index contributed by atoms with van der Waals surface area (Å²) >= 11 is 0. The van der Waals surface area contributed by atoms with Crippen molar-refractivity contribution in [1.82, 2.24) is 5.32 Å². The lowest BCUT2D eigenvalue weighted by Crippen LogP contribution is -2.41. The van der Waals surface area contributed by atoms with Crippen molar-refractivity contribution >= 4 is 11.8 Å². The largest absolute Gasteiger partial charge is 0.375 e. The van der Waals surface area contributed by atoms with E-state index in [1.54, 1.807) is 0 Å². The second-order valence-electron chi connectivity index (χ2n) is 9.14. The van der Waals surface area contributed by atoms with Crippen molar-refractivity contribution < 1.29 is 14.3 Å². The van der Waals surface area contributed by atoms with Crippen LogP contribution < -0.4 is 5.32 Å². The summed E-state index contributed by atoms with van der Waals surface area (Å²) in [5.74, 6) is -0.109. The lowest BCUT2D eigenvalue weighted by atomic mass is 9.82. The number of allylic oxidation sites excluding steroid dienone is 4. The van der Waals surface area contributed by atoms with Gasteiger partial charge in [-0.25, -0.2) is 0 Å². The summed E-state index contributed by atoms with van der Waals surface area (Å²) in [6, 6.07) is 0. The predicted octanol–water partition coefficient (Wildman–Crippen LogP) is 7.06. The van der Waals surface area contributed by atoms with Crippen molar-refractivity contribution in [3.05, 3.63) is 35.5 Å². The molecular formula is C28H47NO3. The van der Waals surface area contributed by atoms with E-state index in [0.29, 0.717) is 18.8 Å². The number of nitrogens with one attached hydrogen (secondary N) is 1. The van der Waals surface area contributed by atoms with Gasteiger partial charge in [0.05, 0.1) is 11.5 Å². The molecule has 2 saturated heterocycles. The van der Waals surface area contributed by atoms with Gasteiger partial charge in [0.2, 0.25) is 11.8 Å². The van der Waals surface area contributed by atoms with Crippen LogP contribution >= 0.6 is 0 Å². The number of ether oxygens (including phenoxy) is 1. The summed E-state index contributed by atoms with van der Waals surface area (Å²) < 4.78 is 6.18. The molecule has 0 aromatic heterocycles. The number of rotatable bonds is 11. The molecule has 1 N–H and O–H groups in total. The second-order valence-corrected chi connectivity index (χ2v) is 9.14. The molecule has 0 aromatic rings. The van der Waals surface area contributed by atoms with Gasteiger partial charge in [-0.15, -0.1) is 0 Å². The third-order valence-electron chi connectivity index (χ3n) is 6.76. The van der Waals surface area contributed by atoms with E-state index in [9.17, 15) is 9.59 Å². The Morgan fingerprint density at radius 3 is 2.50 bits per heavy atom. The van der Waals surface area contributed by atoms with Gasteiger partial charge >= 0.3 is 0 Å². The molecule has 0 spiro atoms. The highest BCUT2D eigenvalue weighted by Gasteiger charge is 2.34. The topological polar surface area (TPSA) is 55.4 Å². The Morgan fingerprint density at radius 1 is 1.25 bits per heavy atom. The first-order valence-electron chi connectivity index (χ1n) is 12.9. The normalized spacial score (nSPS) is 25.4. The number of imide groups is 1. The molecule has 0 aromatic carbocycles. The van der Waals surface area contributed by atoms with Crippen LogP contribution in [0.5, 0.6) is 0 Å². The van der Waals surface area contributed by atoms with Crippen LogP contribution in [0.2, 0.25) is 0 Å². The van der Waals surface area contributed by atoms with Crippen LogP contribution in [-0.4, -0.2) is 24.0 Å². The lowest BCUT2D eigenvalue weighted by molar-refractivity contribution is -0.135. The molecule has 4 nitrogen and oxygen atoms in total.